The molecule has 2 aliphatic rings. The molecule has 1 aliphatic carbocycles. The van der Waals surface area contributed by atoms with Gasteiger partial charge in [0.2, 0.25) is 5.91 Å². The summed E-state index contributed by atoms with van der Waals surface area (Å²) in [7, 11) is 1.35. The first-order valence-electron chi connectivity index (χ1n) is 13.2. The van der Waals surface area contributed by atoms with Gasteiger partial charge in [0.25, 0.3) is 0 Å². The van der Waals surface area contributed by atoms with Crippen LogP contribution in [0.2, 0.25) is 10.0 Å². The van der Waals surface area contributed by atoms with Gasteiger partial charge in [-0.05, 0) is 48.2 Å². The number of hydrogen-bond acceptors (Lipinski definition) is 4. The van der Waals surface area contributed by atoms with Crippen molar-refractivity contribution in [3.05, 3.63) is 93.0 Å². The number of carboxylic acids is 1. The lowest BCUT2D eigenvalue weighted by Gasteiger charge is -2.49. The van der Waals surface area contributed by atoms with Crippen molar-refractivity contribution in [2.24, 2.45) is 5.41 Å². The number of methoxy groups -OCH3 is 1. The van der Waals surface area contributed by atoms with Crippen LogP contribution in [0.25, 0.3) is 0 Å². The number of fused-ring (bicyclic) bond motifs is 1. The molecule has 1 saturated heterocycles. The number of carbonyl (C=O) groups is 2. The molecule has 1 heterocycles. The number of nitrogens with one attached hydrogen (secondary N) is 2. The van der Waals surface area contributed by atoms with Crippen LogP contribution in [0.4, 0.5) is 14.5 Å². The van der Waals surface area contributed by atoms with E-state index in [0.29, 0.717) is 6.42 Å². The Morgan fingerprint density at radius 2 is 1.76 bits per heavy atom. The number of benzene rings is 3. The number of carbonyl (C=O) groups excluding carboxylic acids is 1. The van der Waals surface area contributed by atoms with Crippen LogP contribution in [0.3, 0.4) is 0 Å². The molecule has 0 spiro atoms. The predicted molar refractivity (Wildman–Crippen MR) is 157 cm³/mol. The van der Waals surface area contributed by atoms with E-state index in [-0.39, 0.29) is 43.6 Å². The lowest BCUT2D eigenvalue weighted by Crippen LogP contribution is -2.61. The third-order valence-electron chi connectivity index (χ3n) is 7.92. The number of hydrogen-bond donors (Lipinski definition) is 3. The molecular weight excluding hydrogens is 585 g/mol. The maximum atomic E-state index is 16.0. The van der Waals surface area contributed by atoms with Gasteiger partial charge in [-0.1, -0.05) is 74.0 Å². The Hall–Kier alpha value is -3.64. The van der Waals surface area contributed by atoms with Crippen LogP contribution < -0.4 is 15.4 Å². The second-order valence-electron chi connectivity index (χ2n) is 11.7. The molecule has 4 atom stereocenters. The zero-order valence-corrected chi connectivity index (χ0v) is 24.8. The number of amides is 1. The van der Waals surface area contributed by atoms with Crippen LogP contribution in [-0.4, -0.2) is 36.2 Å². The Bertz CT molecular complexity index is 1680. The van der Waals surface area contributed by atoms with Crippen molar-refractivity contribution in [3.8, 4) is 17.6 Å². The molecule has 0 bridgehead atoms. The van der Waals surface area contributed by atoms with Crippen molar-refractivity contribution < 1.29 is 28.2 Å². The molecule has 3 aromatic rings. The maximum absolute atomic E-state index is 16.0. The minimum Gasteiger partial charge on any atom is -0.495 e. The summed E-state index contributed by atoms with van der Waals surface area (Å²) in [5.41, 5.74) is -2.85. The highest BCUT2D eigenvalue weighted by Gasteiger charge is 2.72. The van der Waals surface area contributed by atoms with Crippen LogP contribution in [0.15, 0.2) is 54.6 Å². The van der Waals surface area contributed by atoms with Gasteiger partial charge < -0.3 is 15.2 Å². The first kappa shape index (κ1) is 29.8. The molecule has 3 aromatic carbocycles. The SMILES string of the molecule is COc1cc(C(=O)O)ccc1NC(=O)[C@@H]1N[C@@H](CC(C)(C)C)[C@@]2(c3ccc(Cl)cc3F)C#C[C@@]12c1cccc(Cl)c1F. The molecule has 6 nitrogen and oxygen atoms in total. The van der Waals surface area contributed by atoms with Gasteiger partial charge in [0, 0.05) is 22.2 Å². The molecule has 5 rings (SSSR count). The fourth-order valence-corrected chi connectivity index (χ4v) is 6.53. The van der Waals surface area contributed by atoms with Crippen LogP contribution in [-0.2, 0) is 15.6 Å². The zero-order valence-electron chi connectivity index (χ0n) is 23.2. The van der Waals surface area contributed by atoms with Crippen molar-refractivity contribution in [1.29, 1.82) is 0 Å². The monoisotopic (exact) mass is 612 g/mol. The van der Waals surface area contributed by atoms with E-state index in [0.717, 1.165) is 0 Å². The molecule has 10 heteroatoms. The smallest absolute Gasteiger partial charge is 0.335 e. The topological polar surface area (TPSA) is 87.7 Å². The number of carboxylic acid groups (broad SMARTS) is 1. The van der Waals surface area contributed by atoms with E-state index >= 15 is 8.78 Å². The zero-order chi connectivity index (χ0) is 30.6. The molecule has 42 heavy (non-hydrogen) atoms. The number of ether oxygens (including phenoxy) is 1. The molecule has 3 N–H and O–H groups in total. The van der Waals surface area contributed by atoms with E-state index in [9.17, 15) is 14.7 Å². The molecule has 0 unspecified atom stereocenters. The summed E-state index contributed by atoms with van der Waals surface area (Å²) in [4.78, 5) is 25.7. The maximum Gasteiger partial charge on any atom is 0.335 e. The predicted octanol–water partition coefficient (Wildman–Crippen LogP) is 6.59. The van der Waals surface area contributed by atoms with Crippen molar-refractivity contribution >= 4 is 40.8 Å². The number of aromatic carboxylic acids is 1. The van der Waals surface area contributed by atoms with Crippen LogP contribution in [0.5, 0.6) is 5.75 Å². The summed E-state index contributed by atoms with van der Waals surface area (Å²) in [6.45, 7) is 6.03. The average Bonchev–Trinajstić information content (AvgIpc) is 3.08. The highest BCUT2D eigenvalue weighted by atomic mass is 35.5. The quantitative estimate of drug-likeness (QED) is 0.262. The second kappa shape index (κ2) is 10.6. The third kappa shape index (κ3) is 4.60. The van der Waals surface area contributed by atoms with Gasteiger partial charge >= 0.3 is 5.97 Å². The summed E-state index contributed by atoms with van der Waals surface area (Å²) in [6.07, 6.45) is 0.452. The number of anilines is 1. The van der Waals surface area contributed by atoms with Crippen LogP contribution in [0.1, 0.15) is 48.7 Å². The molecule has 0 radical (unpaired) electrons. The minimum absolute atomic E-state index is 0.0337. The van der Waals surface area contributed by atoms with Gasteiger partial charge in [-0.15, -0.1) is 0 Å². The normalized spacial score (nSPS) is 24.2. The van der Waals surface area contributed by atoms with Gasteiger partial charge in [0.05, 0.1) is 28.8 Å². The van der Waals surface area contributed by atoms with Crippen molar-refractivity contribution in [2.75, 3.05) is 12.4 Å². The fourth-order valence-electron chi connectivity index (χ4n) is 6.19. The molecule has 218 valence electrons. The Morgan fingerprint density at radius 3 is 2.36 bits per heavy atom. The van der Waals surface area contributed by atoms with E-state index in [2.05, 4.69) is 22.5 Å². The standard InChI is InChI=1S/C32H28Cl2F2N2O4/c1-30(2,3)16-25-31(19-10-9-18(33)15-22(19)35)12-13-32(31,20-6-5-7-21(34)26(20)36)27(38-25)28(39)37-23-11-8-17(29(40)41)14-24(23)42-4/h5-11,14-15,25,27,38H,16H2,1-4H3,(H,37,39)(H,40,41)/t25-,27-,31-,32+/m0/s1. The Labute approximate surface area is 252 Å². The number of rotatable bonds is 7. The van der Waals surface area contributed by atoms with Crippen molar-refractivity contribution in [1.82, 2.24) is 5.32 Å². The summed E-state index contributed by atoms with van der Waals surface area (Å²) >= 11 is 12.4. The molecular formula is C32H28Cl2F2N2O4. The van der Waals surface area contributed by atoms with Crippen LogP contribution in [0, 0.1) is 28.9 Å². The fraction of sp³-hybridized carbons (Fsp3) is 0.312. The third-order valence-corrected chi connectivity index (χ3v) is 8.45. The minimum atomic E-state index is -1.58. The first-order valence-corrected chi connectivity index (χ1v) is 13.9. The summed E-state index contributed by atoms with van der Waals surface area (Å²) < 4.78 is 37.2. The summed E-state index contributed by atoms with van der Waals surface area (Å²) in [5, 5.41) is 15.6. The van der Waals surface area contributed by atoms with E-state index in [1.54, 1.807) is 12.1 Å². The lowest BCUT2D eigenvalue weighted by molar-refractivity contribution is -0.118. The van der Waals surface area contributed by atoms with E-state index in [4.69, 9.17) is 27.9 Å². The number of halogens is 4. The van der Waals surface area contributed by atoms with Crippen molar-refractivity contribution in [3.63, 3.8) is 0 Å². The molecule has 1 fully saturated rings. The molecule has 1 amide bonds. The van der Waals surface area contributed by atoms with Crippen molar-refractivity contribution in [2.45, 2.75) is 50.1 Å². The van der Waals surface area contributed by atoms with E-state index < -0.39 is 46.4 Å². The van der Waals surface area contributed by atoms with E-state index in [1.807, 2.05) is 20.8 Å². The Morgan fingerprint density at radius 1 is 1.05 bits per heavy atom. The highest BCUT2D eigenvalue weighted by molar-refractivity contribution is 6.31. The molecule has 0 saturated carbocycles. The van der Waals surface area contributed by atoms with E-state index in [1.165, 1.54) is 49.6 Å². The van der Waals surface area contributed by atoms with Gasteiger partial charge in [0.1, 0.15) is 28.8 Å². The van der Waals surface area contributed by atoms with Crippen LogP contribution >= 0.6 is 23.2 Å². The summed E-state index contributed by atoms with van der Waals surface area (Å²) in [6, 6.07) is 11.0. The van der Waals surface area contributed by atoms with Gasteiger partial charge in [-0.2, -0.15) is 0 Å². The average molecular weight is 613 g/mol. The Balaban J connectivity index is 1.72. The Kier molecular flexibility index (Phi) is 7.51. The highest BCUT2D eigenvalue weighted by Crippen LogP contribution is 2.60. The molecule has 1 aliphatic heterocycles. The summed E-state index contributed by atoms with van der Waals surface area (Å²) in [5.74, 6) is 3.23. The largest absolute Gasteiger partial charge is 0.495 e. The molecule has 0 aromatic heterocycles. The first-order chi connectivity index (χ1) is 19.7. The van der Waals surface area contributed by atoms with Gasteiger partial charge in [0.15, 0.2) is 0 Å². The second-order valence-corrected chi connectivity index (χ2v) is 12.6. The van der Waals surface area contributed by atoms with Gasteiger partial charge in [-0.25, -0.2) is 13.6 Å². The lowest BCUT2D eigenvalue weighted by atomic mass is 9.48. The van der Waals surface area contributed by atoms with Gasteiger partial charge in [-0.3, -0.25) is 10.1 Å².